The van der Waals surface area contributed by atoms with Gasteiger partial charge < -0.3 is 15.4 Å². The molecule has 3 rings (SSSR count). The van der Waals surface area contributed by atoms with Crippen LogP contribution in [0.15, 0.2) is 41.2 Å². The summed E-state index contributed by atoms with van der Waals surface area (Å²) in [5.41, 5.74) is 2.15. The number of aryl methyl sites for hydroxylation is 1. The minimum atomic E-state index is -0.221. The fourth-order valence-electron chi connectivity index (χ4n) is 3.24. The summed E-state index contributed by atoms with van der Waals surface area (Å²) in [7, 11) is 5.25. The van der Waals surface area contributed by atoms with Crippen LogP contribution in [0.4, 0.5) is 5.95 Å². The number of nitrogens with zero attached hydrogens (tertiary/aromatic N) is 4. The number of methoxy groups -OCH3 is 1. The molecule has 2 heterocycles. The van der Waals surface area contributed by atoms with E-state index in [0.29, 0.717) is 55.6 Å². The third kappa shape index (κ3) is 6.35. The molecule has 1 amide bonds. The molecule has 0 spiro atoms. The van der Waals surface area contributed by atoms with Crippen LogP contribution in [0.2, 0.25) is 0 Å². The summed E-state index contributed by atoms with van der Waals surface area (Å²) in [6.07, 6.45) is 0.702. The molecule has 33 heavy (non-hydrogen) atoms. The lowest BCUT2D eigenvalue weighted by atomic mass is 10.1. The summed E-state index contributed by atoms with van der Waals surface area (Å²) < 4.78 is 6.58. The maximum Gasteiger partial charge on any atom is 0.256 e. The van der Waals surface area contributed by atoms with Crippen LogP contribution in [0, 0.1) is 6.92 Å². The Morgan fingerprint density at radius 3 is 2.52 bits per heavy atom. The molecular weight excluding hydrogens is 424 g/mol. The first-order valence-corrected chi connectivity index (χ1v) is 10.7. The molecule has 2 aromatic heterocycles. The van der Waals surface area contributed by atoms with Crippen molar-refractivity contribution in [3.63, 3.8) is 0 Å². The van der Waals surface area contributed by atoms with E-state index >= 15 is 0 Å². The van der Waals surface area contributed by atoms with Crippen molar-refractivity contribution in [3.05, 3.63) is 58.0 Å². The summed E-state index contributed by atoms with van der Waals surface area (Å²) in [4.78, 5) is 39.5. The van der Waals surface area contributed by atoms with Gasteiger partial charge in [0.1, 0.15) is 0 Å². The lowest BCUT2D eigenvalue weighted by molar-refractivity contribution is -0.119. The Labute approximate surface area is 192 Å². The molecule has 0 fully saturated rings. The SMILES string of the molecule is COCCNc1nc(C)c2ccc(=O)n(-c3ccc(C(=O)NCCCON(C)C)cc3)c2n1. The highest BCUT2D eigenvalue weighted by Crippen LogP contribution is 2.19. The van der Waals surface area contributed by atoms with Crippen LogP contribution in [0.3, 0.4) is 0 Å². The van der Waals surface area contributed by atoms with E-state index in [-0.39, 0.29) is 11.5 Å². The van der Waals surface area contributed by atoms with Gasteiger partial charge in [-0.1, -0.05) is 0 Å². The number of anilines is 1. The van der Waals surface area contributed by atoms with E-state index in [4.69, 9.17) is 9.57 Å². The number of hydrogen-bond acceptors (Lipinski definition) is 8. The molecule has 1 aromatic carbocycles. The van der Waals surface area contributed by atoms with Crippen LogP contribution in [-0.4, -0.2) is 73.0 Å². The maximum atomic E-state index is 12.8. The predicted octanol–water partition coefficient (Wildman–Crippen LogP) is 1.76. The number of amides is 1. The molecule has 0 aliphatic heterocycles. The Balaban J connectivity index is 1.81. The first kappa shape index (κ1) is 24.3. The van der Waals surface area contributed by atoms with Gasteiger partial charge in [0.25, 0.3) is 11.5 Å². The lowest BCUT2D eigenvalue weighted by Gasteiger charge is -2.13. The van der Waals surface area contributed by atoms with Crippen molar-refractivity contribution >= 4 is 22.9 Å². The van der Waals surface area contributed by atoms with E-state index in [1.807, 2.05) is 21.0 Å². The molecule has 0 bridgehead atoms. The number of fused-ring (bicyclic) bond motifs is 1. The normalized spacial score (nSPS) is 11.2. The molecule has 0 saturated heterocycles. The van der Waals surface area contributed by atoms with E-state index in [1.54, 1.807) is 42.5 Å². The topological polar surface area (TPSA) is 111 Å². The number of hydroxylamine groups is 2. The van der Waals surface area contributed by atoms with Gasteiger partial charge in [-0.3, -0.25) is 19.0 Å². The highest BCUT2D eigenvalue weighted by Gasteiger charge is 2.13. The smallest absolute Gasteiger partial charge is 0.256 e. The second-order valence-electron chi connectivity index (χ2n) is 7.60. The summed E-state index contributed by atoms with van der Waals surface area (Å²) in [5, 5.41) is 8.37. The maximum absolute atomic E-state index is 12.8. The molecule has 0 aliphatic rings. The molecule has 0 atom stereocenters. The van der Waals surface area contributed by atoms with Crippen LogP contribution >= 0.6 is 0 Å². The largest absolute Gasteiger partial charge is 0.383 e. The standard InChI is InChI=1S/C23H30N6O4/c1-16-19-10-11-20(30)29(21(19)27-23(26-16)25-13-15-32-4)18-8-6-17(7-9-18)22(31)24-12-5-14-33-28(2)3/h6-11H,5,12-15H2,1-4H3,(H,24,31)(H,25,26,27). The Hall–Kier alpha value is -3.34. The number of nitrogens with one attached hydrogen (secondary N) is 2. The second-order valence-corrected chi connectivity index (χ2v) is 7.60. The van der Waals surface area contributed by atoms with Crippen LogP contribution in [0.1, 0.15) is 22.5 Å². The summed E-state index contributed by atoms with van der Waals surface area (Å²) in [6.45, 7) is 3.96. The zero-order valence-electron chi connectivity index (χ0n) is 19.4. The quantitative estimate of drug-likeness (QED) is 0.333. The molecule has 0 aliphatic carbocycles. The van der Waals surface area contributed by atoms with E-state index in [2.05, 4.69) is 20.6 Å². The highest BCUT2D eigenvalue weighted by atomic mass is 16.7. The van der Waals surface area contributed by atoms with Gasteiger partial charge in [-0.05, 0) is 43.7 Å². The van der Waals surface area contributed by atoms with Crippen molar-refractivity contribution in [2.24, 2.45) is 0 Å². The predicted molar refractivity (Wildman–Crippen MR) is 127 cm³/mol. The number of aromatic nitrogens is 3. The molecule has 10 nitrogen and oxygen atoms in total. The zero-order chi connectivity index (χ0) is 23.8. The van der Waals surface area contributed by atoms with E-state index in [0.717, 1.165) is 11.1 Å². The van der Waals surface area contributed by atoms with Crippen LogP contribution in [0.25, 0.3) is 16.7 Å². The number of ether oxygens (including phenoxy) is 1. The Morgan fingerprint density at radius 2 is 1.82 bits per heavy atom. The van der Waals surface area contributed by atoms with Crippen LogP contribution in [0.5, 0.6) is 0 Å². The number of carbonyl (C=O) groups is 1. The third-order valence-corrected chi connectivity index (χ3v) is 4.87. The number of pyridine rings is 1. The van der Waals surface area contributed by atoms with Gasteiger partial charge in [-0.2, -0.15) is 10.0 Å². The minimum absolute atomic E-state index is 0.181. The lowest BCUT2D eigenvalue weighted by Crippen LogP contribution is -2.26. The van der Waals surface area contributed by atoms with Crippen LogP contribution < -0.4 is 16.2 Å². The number of rotatable bonds is 11. The van der Waals surface area contributed by atoms with Gasteiger partial charge in [-0.15, -0.1) is 0 Å². The average Bonchev–Trinajstić information content (AvgIpc) is 2.79. The molecule has 176 valence electrons. The zero-order valence-corrected chi connectivity index (χ0v) is 19.4. The summed E-state index contributed by atoms with van der Waals surface area (Å²) in [6, 6.07) is 10.1. The van der Waals surface area contributed by atoms with Crippen molar-refractivity contribution in [2.45, 2.75) is 13.3 Å². The molecule has 2 N–H and O–H groups in total. The fourth-order valence-corrected chi connectivity index (χ4v) is 3.24. The van der Waals surface area contributed by atoms with Crippen molar-refractivity contribution in [3.8, 4) is 5.69 Å². The first-order valence-electron chi connectivity index (χ1n) is 10.7. The molecule has 0 unspecified atom stereocenters. The minimum Gasteiger partial charge on any atom is -0.383 e. The summed E-state index contributed by atoms with van der Waals surface area (Å²) in [5.74, 6) is 0.241. The molecule has 0 radical (unpaired) electrons. The highest BCUT2D eigenvalue weighted by molar-refractivity contribution is 5.94. The third-order valence-electron chi connectivity index (χ3n) is 4.87. The van der Waals surface area contributed by atoms with Gasteiger partial charge in [0.05, 0.1) is 24.6 Å². The molecule has 0 saturated carbocycles. The summed E-state index contributed by atoms with van der Waals surface area (Å²) >= 11 is 0. The van der Waals surface area contributed by atoms with Crippen molar-refractivity contribution in [1.29, 1.82) is 0 Å². The average molecular weight is 455 g/mol. The van der Waals surface area contributed by atoms with Crippen LogP contribution in [-0.2, 0) is 9.57 Å². The van der Waals surface area contributed by atoms with Gasteiger partial charge in [0.2, 0.25) is 5.95 Å². The number of benzene rings is 1. The molecule has 10 heteroatoms. The number of hydrogen-bond donors (Lipinski definition) is 2. The van der Waals surface area contributed by atoms with E-state index in [1.165, 1.54) is 10.6 Å². The van der Waals surface area contributed by atoms with E-state index < -0.39 is 0 Å². The Kier molecular flexibility index (Phi) is 8.47. The van der Waals surface area contributed by atoms with Crippen molar-refractivity contribution in [2.75, 3.05) is 52.8 Å². The monoisotopic (exact) mass is 454 g/mol. The molecule has 3 aromatic rings. The van der Waals surface area contributed by atoms with Gasteiger partial charge in [0.15, 0.2) is 5.65 Å². The number of carbonyl (C=O) groups excluding carboxylic acids is 1. The van der Waals surface area contributed by atoms with Gasteiger partial charge in [-0.25, -0.2) is 4.98 Å². The Morgan fingerprint density at radius 1 is 1.06 bits per heavy atom. The Bertz CT molecular complexity index is 1140. The fraction of sp³-hybridized carbons (Fsp3) is 0.391. The van der Waals surface area contributed by atoms with Gasteiger partial charge >= 0.3 is 0 Å². The van der Waals surface area contributed by atoms with Gasteiger partial charge in [0, 0.05) is 51.3 Å². The second kappa shape index (κ2) is 11.5. The van der Waals surface area contributed by atoms with E-state index in [9.17, 15) is 9.59 Å². The first-order chi connectivity index (χ1) is 15.9. The van der Waals surface area contributed by atoms with Crippen molar-refractivity contribution < 1.29 is 14.4 Å². The molecular formula is C23H30N6O4. The van der Waals surface area contributed by atoms with Crippen molar-refractivity contribution in [1.82, 2.24) is 24.9 Å².